The van der Waals surface area contributed by atoms with E-state index in [0.29, 0.717) is 0 Å². The zero-order chi connectivity index (χ0) is 10.8. The zero-order valence-corrected chi connectivity index (χ0v) is 9.41. The van der Waals surface area contributed by atoms with Gasteiger partial charge < -0.3 is 28.8 Å². The van der Waals surface area contributed by atoms with E-state index in [1.165, 1.54) is 5.56 Å². The third kappa shape index (κ3) is 2.25. The highest BCUT2D eigenvalue weighted by atomic mass is 35.5. The van der Waals surface area contributed by atoms with Gasteiger partial charge in [-0.05, 0) is 18.1 Å². The first-order valence-corrected chi connectivity index (χ1v) is 4.72. The van der Waals surface area contributed by atoms with Gasteiger partial charge in [-0.1, -0.05) is 18.2 Å². The van der Waals surface area contributed by atoms with Crippen molar-refractivity contribution >= 4 is 17.6 Å². The Labute approximate surface area is 100 Å². The van der Waals surface area contributed by atoms with E-state index in [4.69, 9.17) is 16.9 Å². The van der Waals surface area contributed by atoms with Crippen LogP contribution in [0.4, 0.5) is 5.69 Å². The highest BCUT2D eigenvalue weighted by Gasteiger charge is 2.21. The second-order valence-corrected chi connectivity index (χ2v) is 3.39. The van der Waals surface area contributed by atoms with Crippen molar-refractivity contribution in [2.24, 2.45) is 16.5 Å². The largest absolute Gasteiger partial charge is 1.00 e. The topological polar surface area (TPSA) is 91.5 Å². The molecule has 0 saturated heterocycles. The molecule has 0 fully saturated rings. The molecule has 0 unspecified atom stereocenters. The number of nitrogens with zero attached hydrogens (tertiary/aromatic N) is 2. The summed E-state index contributed by atoms with van der Waals surface area (Å²) in [6, 6.07) is 7.96. The summed E-state index contributed by atoms with van der Waals surface area (Å²) in [4.78, 5) is 5.54. The van der Waals surface area contributed by atoms with Crippen molar-refractivity contribution < 1.29 is 12.4 Å². The quantitative estimate of drug-likeness (QED) is 0.338. The van der Waals surface area contributed by atoms with Crippen LogP contribution >= 0.6 is 0 Å². The molecular formula is C10H13ClN5-. The van der Waals surface area contributed by atoms with E-state index >= 15 is 0 Å². The molecule has 1 aliphatic rings. The molecule has 0 radical (unpaired) electrons. The molecule has 0 aromatic heterocycles. The lowest BCUT2D eigenvalue weighted by Gasteiger charge is -2.16. The molecule has 0 bridgehead atoms. The number of anilines is 1. The number of nitrogens with two attached hydrogens (primary N) is 2. The maximum absolute atomic E-state index is 7.73. The average Bonchev–Trinajstić information content (AvgIpc) is 2.59. The number of hydrogen-bond acceptors (Lipinski definition) is 1. The molecule has 1 aromatic rings. The van der Waals surface area contributed by atoms with E-state index in [0.717, 1.165) is 18.7 Å². The average molecular weight is 239 g/mol. The molecule has 1 aliphatic heterocycles. The molecule has 0 aliphatic carbocycles. The van der Waals surface area contributed by atoms with Gasteiger partial charge in [0.1, 0.15) is 0 Å². The van der Waals surface area contributed by atoms with Gasteiger partial charge >= 0.3 is 0 Å². The first kappa shape index (κ1) is 12.3. The SMILES string of the molecule is N=C(N=C(N)N)N1CCc2ccccc21.[Cl-]. The number of para-hydroxylation sites is 1. The van der Waals surface area contributed by atoms with Gasteiger partial charge in [-0.25, -0.2) is 0 Å². The Balaban J connectivity index is 0.00000128. The highest BCUT2D eigenvalue weighted by Crippen LogP contribution is 2.27. The fourth-order valence-electron chi connectivity index (χ4n) is 1.74. The summed E-state index contributed by atoms with van der Waals surface area (Å²) >= 11 is 0. The second-order valence-electron chi connectivity index (χ2n) is 3.39. The van der Waals surface area contributed by atoms with Gasteiger partial charge in [-0.15, -0.1) is 0 Å². The Kier molecular flexibility index (Phi) is 3.73. The van der Waals surface area contributed by atoms with Gasteiger partial charge in [0.25, 0.3) is 0 Å². The Bertz CT molecular complexity index is 425. The van der Waals surface area contributed by atoms with Crippen LogP contribution in [-0.4, -0.2) is 18.5 Å². The van der Waals surface area contributed by atoms with Crippen LogP contribution in [-0.2, 0) is 6.42 Å². The molecular weight excluding hydrogens is 226 g/mol. The van der Waals surface area contributed by atoms with Crippen LogP contribution in [0.25, 0.3) is 0 Å². The zero-order valence-electron chi connectivity index (χ0n) is 8.65. The number of aliphatic imine (C=N–C) groups is 1. The normalized spacial score (nSPS) is 12.6. The van der Waals surface area contributed by atoms with Crippen molar-refractivity contribution in [3.8, 4) is 0 Å². The highest BCUT2D eigenvalue weighted by molar-refractivity contribution is 6.02. The summed E-state index contributed by atoms with van der Waals surface area (Å²) in [5, 5.41) is 7.73. The number of rotatable bonds is 0. The van der Waals surface area contributed by atoms with Gasteiger partial charge in [0.05, 0.1) is 0 Å². The molecule has 2 rings (SSSR count). The number of nitrogens with one attached hydrogen (secondary N) is 1. The van der Waals surface area contributed by atoms with E-state index in [2.05, 4.69) is 11.1 Å². The van der Waals surface area contributed by atoms with Crippen molar-refractivity contribution in [3.63, 3.8) is 0 Å². The van der Waals surface area contributed by atoms with Gasteiger partial charge in [-0.2, -0.15) is 4.99 Å². The van der Waals surface area contributed by atoms with Gasteiger partial charge in [0.2, 0.25) is 5.96 Å². The third-order valence-corrected chi connectivity index (χ3v) is 2.38. The van der Waals surface area contributed by atoms with E-state index in [-0.39, 0.29) is 24.3 Å². The fourth-order valence-corrected chi connectivity index (χ4v) is 1.74. The molecule has 5 N–H and O–H groups in total. The smallest absolute Gasteiger partial charge is 0.225 e. The molecule has 0 saturated carbocycles. The Morgan fingerprint density at radius 1 is 1.31 bits per heavy atom. The molecule has 0 atom stereocenters. The summed E-state index contributed by atoms with van der Waals surface area (Å²) in [5.41, 5.74) is 12.7. The minimum Gasteiger partial charge on any atom is -1.00 e. The summed E-state index contributed by atoms with van der Waals surface area (Å²) in [6.45, 7) is 0.759. The first-order chi connectivity index (χ1) is 7.18. The predicted octanol–water partition coefficient (Wildman–Crippen LogP) is -2.74. The second kappa shape index (κ2) is 4.85. The van der Waals surface area contributed by atoms with Crippen LogP contribution in [0.1, 0.15) is 5.56 Å². The number of halogens is 1. The Morgan fingerprint density at radius 3 is 2.69 bits per heavy atom. The maximum atomic E-state index is 7.73. The lowest BCUT2D eigenvalue weighted by Crippen LogP contribution is -3.00. The van der Waals surface area contributed by atoms with Crippen LogP contribution in [0, 0.1) is 5.41 Å². The van der Waals surface area contributed by atoms with Crippen molar-refractivity contribution in [2.45, 2.75) is 6.42 Å². The first-order valence-electron chi connectivity index (χ1n) is 4.72. The predicted molar refractivity (Wildman–Crippen MR) is 61.0 cm³/mol. The number of fused-ring (bicyclic) bond motifs is 1. The Hall–Kier alpha value is -1.75. The molecule has 1 heterocycles. The molecule has 86 valence electrons. The maximum Gasteiger partial charge on any atom is 0.225 e. The summed E-state index contributed by atoms with van der Waals surface area (Å²) in [7, 11) is 0. The van der Waals surface area contributed by atoms with Crippen molar-refractivity contribution in [2.75, 3.05) is 11.4 Å². The van der Waals surface area contributed by atoms with Crippen LogP contribution in [0.5, 0.6) is 0 Å². The number of guanidine groups is 2. The van der Waals surface area contributed by atoms with Crippen molar-refractivity contribution in [1.29, 1.82) is 5.41 Å². The Morgan fingerprint density at radius 2 is 2.00 bits per heavy atom. The van der Waals surface area contributed by atoms with Crippen molar-refractivity contribution in [3.05, 3.63) is 29.8 Å². The molecule has 16 heavy (non-hydrogen) atoms. The fraction of sp³-hybridized carbons (Fsp3) is 0.200. The van der Waals surface area contributed by atoms with Crippen LogP contribution < -0.4 is 28.8 Å². The molecule has 6 heteroatoms. The van der Waals surface area contributed by atoms with Crippen LogP contribution in [0.15, 0.2) is 29.3 Å². The molecule has 5 nitrogen and oxygen atoms in total. The van der Waals surface area contributed by atoms with E-state index in [9.17, 15) is 0 Å². The van der Waals surface area contributed by atoms with E-state index < -0.39 is 0 Å². The standard InChI is InChI=1S/C10H13N5.ClH/c11-9(12)14-10(13)15-6-5-7-3-1-2-4-8(7)15;/h1-4H,5-6H2,(H5,11,12,13,14);1H/p-1. The summed E-state index contributed by atoms with van der Waals surface area (Å²) < 4.78 is 0. The lowest BCUT2D eigenvalue weighted by molar-refractivity contribution is -0.00000365. The van der Waals surface area contributed by atoms with Crippen LogP contribution in [0.3, 0.4) is 0 Å². The van der Waals surface area contributed by atoms with E-state index in [1.54, 1.807) is 4.90 Å². The summed E-state index contributed by atoms with van der Waals surface area (Å²) in [6.07, 6.45) is 0.929. The monoisotopic (exact) mass is 238 g/mol. The van der Waals surface area contributed by atoms with Crippen LogP contribution in [0.2, 0.25) is 0 Å². The molecule has 0 spiro atoms. The molecule has 0 amide bonds. The van der Waals surface area contributed by atoms with Gasteiger partial charge in [-0.3, -0.25) is 5.41 Å². The lowest BCUT2D eigenvalue weighted by atomic mass is 10.2. The van der Waals surface area contributed by atoms with E-state index in [1.807, 2.05) is 18.2 Å². The van der Waals surface area contributed by atoms with Gasteiger partial charge in [0.15, 0.2) is 5.96 Å². The third-order valence-electron chi connectivity index (χ3n) is 2.38. The van der Waals surface area contributed by atoms with Gasteiger partial charge in [0, 0.05) is 12.2 Å². The van der Waals surface area contributed by atoms with Crippen molar-refractivity contribution in [1.82, 2.24) is 0 Å². The summed E-state index contributed by atoms with van der Waals surface area (Å²) in [5.74, 6) is 0.0179. The number of benzene rings is 1. The number of hydrogen-bond donors (Lipinski definition) is 3. The molecule has 1 aromatic carbocycles. The minimum atomic E-state index is -0.0793. The minimum absolute atomic E-state index is 0.